The lowest BCUT2D eigenvalue weighted by atomic mass is 10.1. The van der Waals surface area contributed by atoms with Crippen molar-refractivity contribution in [3.8, 4) is 0 Å². The number of carbonyl (C=O) groups is 1. The third-order valence-electron chi connectivity index (χ3n) is 3.56. The Morgan fingerprint density at radius 2 is 2.05 bits per heavy atom. The molecule has 0 unspecified atom stereocenters. The molecule has 116 valence electrons. The molecule has 0 aliphatic heterocycles. The minimum Gasteiger partial charge on any atom is -0.351 e. The Hall–Kier alpha value is -2.43. The Morgan fingerprint density at radius 3 is 2.82 bits per heavy atom. The molecule has 5 nitrogen and oxygen atoms in total. The molecule has 1 heterocycles. The van der Waals surface area contributed by atoms with E-state index in [0.717, 1.165) is 24.1 Å². The highest BCUT2D eigenvalue weighted by Gasteiger charge is 2.09. The summed E-state index contributed by atoms with van der Waals surface area (Å²) in [6.07, 6.45) is 3.60. The summed E-state index contributed by atoms with van der Waals surface area (Å²) >= 11 is 0. The number of hydrogen-bond donors (Lipinski definition) is 2. The zero-order chi connectivity index (χ0) is 15.9. The molecular formula is C17H22N4O. The highest BCUT2D eigenvalue weighted by Crippen LogP contribution is 2.20. The van der Waals surface area contributed by atoms with Gasteiger partial charge < -0.3 is 10.6 Å². The number of aryl methyl sites for hydroxylation is 1. The fourth-order valence-corrected chi connectivity index (χ4v) is 2.02. The van der Waals surface area contributed by atoms with Gasteiger partial charge in [-0.25, -0.2) is 9.97 Å². The molecule has 0 spiro atoms. The summed E-state index contributed by atoms with van der Waals surface area (Å²) in [5, 5.41) is 6.03. The maximum atomic E-state index is 12.0. The summed E-state index contributed by atoms with van der Waals surface area (Å²) in [6.45, 7) is 6.85. The van der Waals surface area contributed by atoms with Crippen LogP contribution >= 0.6 is 0 Å². The molecule has 0 aliphatic rings. The van der Waals surface area contributed by atoms with Crippen LogP contribution in [0.1, 0.15) is 41.4 Å². The van der Waals surface area contributed by atoms with Crippen LogP contribution in [0.2, 0.25) is 0 Å². The lowest BCUT2D eigenvalue weighted by molar-refractivity contribution is 0.0948. The Morgan fingerprint density at radius 1 is 1.23 bits per heavy atom. The van der Waals surface area contributed by atoms with Gasteiger partial charge in [0.05, 0.1) is 0 Å². The van der Waals surface area contributed by atoms with Crippen molar-refractivity contribution >= 4 is 17.5 Å². The van der Waals surface area contributed by atoms with Crippen molar-refractivity contribution in [3.63, 3.8) is 0 Å². The molecule has 1 aromatic carbocycles. The molecule has 1 aromatic heterocycles. The first-order valence-corrected chi connectivity index (χ1v) is 7.56. The molecule has 0 bridgehead atoms. The molecule has 0 radical (unpaired) electrons. The van der Waals surface area contributed by atoms with Crippen LogP contribution in [0.25, 0.3) is 0 Å². The van der Waals surface area contributed by atoms with Crippen molar-refractivity contribution in [2.75, 3.05) is 11.9 Å². The average Bonchev–Trinajstić information content (AvgIpc) is 2.52. The van der Waals surface area contributed by atoms with Crippen molar-refractivity contribution in [2.45, 2.75) is 33.6 Å². The fraction of sp³-hybridized carbons (Fsp3) is 0.353. The molecule has 2 rings (SSSR count). The summed E-state index contributed by atoms with van der Waals surface area (Å²) in [4.78, 5) is 20.5. The highest BCUT2D eigenvalue weighted by atomic mass is 16.1. The lowest BCUT2D eigenvalue weighted by Crippen LogP contribution is -2.25. The van der Waals surface area contributed by atoms with Crippen LogP contribution in [0.15, 0.2) is 30.5 Å². The van der Waals surface area contributed by atoms with Crippen LogP contribution < -0.4 is 10.6 Å². The minimum atomic E-state index is -0.167. The van der Waals surface area contributed by atoms with Crippen LogP contribution in [0.3, 0.4) is 0 Å². The van der Waals surface area contributed by atoms with Crippen molar-refractivity contribution in [3.05, 3.63) is 47.3 Å². The van der Waals surface area contributed by atoms with E-state index in [1.54, 1.807) is 12.3 Å². The van der Waals surface area contributed by atoms with Crippen LogP contribution in [0, 0.1) is 13.8 Å². The Kier molecular flexibility index (Phi) is 5.47. The maximum absolute atomic E-state index is 12.0. The van der Waals surface area contributed by atoms with Gasteiger partial charge in [-0.1, -0.05) is 25.5 Å². The quantitative estimate of drug-likeness (QED) is 0.802. The first-order valence-electron chi connectivity index (χ1n) is 7.56. The first-order chi connectivity index (χ1) is 10.6. The van der Waals surface area contributed by atoms with Gasteiger partial charge in [0.25, 0.3) is 5.91 Å². The molecule has 5 heteroatoms. The molecule has 22 heavy (non-hydrogen) atoms. The normalized spacial score (nSPS) is 10.3. The van der Waals surface area contributed by atoms with Gasteiger partial charge in [-0.05, 0) is 43.5 Å². The van der Waals surface area contributed by atoms with Gasteiger partial charge in [0.1, 0.15) is 5.69 Å². The Labute approximate surface area is 131 Å². The number of rotatable bonds is 6. The number of carbonyl (C=O) groups excluding carboxylic acids is 1. The summed E-state index contributed by atoms with van der Waals surface area (Å²) < 4.78 is 0. The number of nitrogens with one attached hydrogen (secondary N) is 2. The summed E-state index contributed by atoms with van der Waals surface area (Å²) in [5.41, 5.74) is 3.66. The monoisotopic (exact) mass is 298 g/mol. The number of anilines is 2. The molecule has 2 aromatic rings. The van der Waals surface area contributed by atoms with Crippen molar-refractivity contribution in [1.82, 2.24) is 15.3 Å². The molecule has 0 fully saturated rings. The number of amides is 1. The van der Waals surface area contributed by atoms with E-state index in [2.05, 4.69) is 40.5 Å². The van der Waals surface area contributed by atoms with Crippen molar-refractivity contribution < 1.29 is 4.79 Å². The molecule has 2 N–H and O–H groups in total. The van der Waals surface area contributed by atoms with Crippen LogP contribution in [-0.2, 0) is 0 Å². The summed E-state index contributed by atoms with van der Waals surface area (Å²) in [7, 11) is 0. The third-order valence-corrected chi connectivity index (χ3v) is 3.56. The second-order valence-electron chi connectivity index (χ2n) is 5.25. The van der Waals surface area contributed by atoms with Crippen LogP contribution in [0.4, 0.5) is 11.6 Å². The Bertz CT molecular complexity index is 655. The largest absolute Gasteiger partial charge is 0.351 e. The zero-order valence-electron chi connectivity index (χ0n) is 13.3. The van der Waals surface area contributed by atoms with E-state index in [1.165, 1.54) is 5.56 Å². The van der Waals surface area contributed by atoms with E-state index in [1.807, 2.05) is 19.1 Å². The van der Waals surface area contributed by atoms with E-state index in [4.69, 9.17) is 0 Å². The number of aromatic nitrogens is 2. The second kappa shape index (κ2) is 7.54. The number of benzene rings is 1. The molecule has 0 saturated carbocycles. The maximum Gasteiger partial charge on any atom is 0.270 e. The van der Waals surface area contributed by atoms with E-state index in [0.29, 0.717) is 18.2 Å². The molecular weight excluding hydrogens is 276 g/mol. The standard InChI is InChI=1S/C17H22N4O/c1-4-5-10-18-16(22)15-9-11-19-17(21-15)20-14-8-6-7-12(2)13(14)3/h6-9,11H,4-5,10H2,1-3H3,(H,18,22)(H,19,20,21). The van der Waals surface area contributed by atoms with Gasteiger partial charge in [0, 0.05) is 18.4 Å². The van der Waals surface area contributed by atoms with E-state index in [-0.39, 0.29) is 5.91 Å². The van der Waals surface area contributed by atoms with Gasteiger partial charge in [-0.2, -0.15) is 0 Å². The predicted octanol–water partition coefficient (Wildman–Crippen LogP) is 3.37. The molecule has 0 aliphatic carbocycles. The summed E-state index contributed by atoms with van der Waals surface area (Å²) in [6, 6.07) is 7.63. The predicted molar refractivity (Wildman–Crippen MR) is 88.5 cm³/mol. The van der Waals surface area contributed by atoms with E-state index < -0.39 is 0 Å². The van der Waals surface area contributed by atoms with Gasteiger partial charge in [-0.15, -0.1) is 0 Å². The zero-order valence-corrected chi connectivity index (χ0v) is 13.3. The van der Waals surface area contributed by atoms with Gasteiger partial charge in [-0.3, -0.25) is 4.79 Å². The molecule has 1 amide bonds. The molecule has 0 atom stereocenters. The Balaban J connectivity index is 2.11. The SMILES string of the molecule is CCCCNC(=O)c1ccnc(Nc2cccc(C)c2C)n1. The van der Waals surface area contributed by atoms with Crippen molar-refractivity contribution in [1.29, 1.82) is 0 Å². The van der Waals surface area contributed by atoms with E-state index in [9.17, 15) is 4.79 Å². The van der Waals surface area contributed by atoms with Gasteiger partial charge >= 0.3 is 0 Å². The van der Waals surface area contributed by atoms with Crippen molar-refractivity contribution in [2.24, 2.45) is 0 Å². The second-order valence-corrected chi connectivity index (χ2v) is 5.25. The lowest BCUT2D eigenvalue weighted by Gasteiger charge is -2.10. The summed E-state index contributed by atoms with van der Waals surface area (Å²) in [5.74, 6) is 0.261. The molecule has 0 saturated heterocycles. The average molecular weight is 298 g/mol. The first kappa shape index (κ1) is 15.9. The third kappa shape index (κ3) is 4.04. The van der Waals surface area contributed by atoms with E-state index >= 15 is 0 Å². The number of unbranched alkanes of at least 4 members (excludes halogenated alkanes) is 1. The highest BCUT2D eigenvalue weighted by molar-refractivity contribution is 5.92. The number of hydrogen-bond acceptors (Lipinski definition) is 4. The smallest absolute Gasteiger partial charge is 0.270 e. The fourth-order valence-electron chi connectivity index (χ4n) is 2.02. The van der Waals surface area contributed by atoms with Gasteiger partial charge in [0.15, 0.2) is 0 Å². The minimum absolute atomic E-state index is 0.167. The van der Waals surface area contributed by atoms with Crippen LogP contribution in [-0.4, -0.2) is 22.4 Å². The van der Waals surface area contributed by atoms with Crippen LogP contribution in [0.5, 0.6) is 0 Å². The number of nitrogens with zero attached hydrogens (tertiary/aromatic N) is 2. The topological polar surface area (TPSA) is 66.9 Å². The van der Waals surface area contributed by atoms with Gasteiger partial charge in [0.2, 0.25) is 5.95 Å².